The predicted octanol–water partition coefficient (Wildman–Crippen LogP) is 3.01. The van der Waals surface area contributed by atoms with E-state index in [9.17, 15) is 9.59 Å². The number of likely N-dealkylation sites (N-methyl/N-ethyl adjacent to an activating group) is 1. The van der Waals surface area contributed by atoms with Gasteiger partial charge < -0.3 is 15.1 Å². The first-order chi connectivity index (χ1) is 11.2. The number of rotatable bonds is 4. The van der Waals surface area contributed by atoms with Crippen molar-refractivity contribution in [2.45, 2.75) is 38.6 Å². The number of hydrogen-bond acceptors (Lipinski definition) is 3. The van der Waals surface area contributed by atoms with Gasteiger partial charge in [0.1, 0.15) is 5.37 Å². The minimum atomic E-state index is -0.269. The summed E-state index contributed by atoms with van der Waals surface area (Å²) in [6, 6.07) is 8.18. The summed E-state index contributed by atoms with van der Waals surface area (Å²) < 4.78 is 0. The summed E-state index contributed by atoms with van der Waals surface area (Å²) in [5.41, 5.74) is 2.08. The van der Waals surface area contributed by atoms with Crippen molar-refractivity contribution in [2.75, 3.05) is 25.9 Å². The van der Waals surface area contributed by atoms with Gasteiger partial charge in [-0.05, 0) is 33.3 Å². The Morgan fingerprint density at radius 3 is 2.54 bits per heavy atom. The zero-order valence-electron chi connectivity index (χ0n) is 15.1. The van der Waals surface area contributed by atoms with Crippen LogP contribution in [0.1, 0.15) is 37.3 Å². The Morgan fingerprint density at radius 2 is 1.96 bits per heavy atom. The molecular formula is C18H27N3O2S. The maximum absolute atomic E-state index is 12.2. The average molecular weight is 350 g/mol. The van der Waals surface area contributed by atoms with Crippen LogP contribution in [0.25, 0.3) is 0 Å². The molecule has 5 nitrogen and oxygen atoms in total. The minimum Gasteiger partial charge on any atom is -0.333 e. The van der Waals surface area contributed by atoms with Gasteiger partial charge in [0.25, 0.3) is 0 Å². The van der Waals surface area contributed by atoms with E-state index in [1.807, 2.05) is 25.7 Å². The number of aryl methyl sites for hydroxylation is 1. The zero-order chi connectivity index (χ0) is 17.9. The van der Waals surface area contributed by atoms with Gasteiger partial charge in [-0.3, -0.25) is 4.79 Å². The fraction of sp³-hybridized carbons (Fsp3) is 0.556. The molecule has 0 saturated carbocycles. The number of nitrogens with zero attached hydrogens (tertiary/aromatic N) is 2. The highest BCUT2D eigenvalue weighted by Gasteiger charge is 2.32. The molecule has 24 heavy (non-hydrogen) atoms. The molecule has 1 aromatic rings. The van der Waals surface area contributed by atoms with Crippen molar-refractivity contribution in [1.29, 1.82) is 0 Å². The molecule has 1 aliphatic rings. The lowest BCUT2D eigenvalue weighted by atomic mass is 10.1. The van der Waals surface area contributed by atoms with E-state index in [1.165, 1.54) is 5.56 Å². The summed E-state index contributed by atoms with van der Waals surface area (Å²) in [6.45, 7) is 8.96. The Labute approximate surface area is 148 Å². The normalized spacial score (nSPS) is 18.0. The Hall–Kier alpha value is -1.69. The van der Waals surface area contributed by atoms with Crippen LogP contribution in [0.4, 0.5) is 4.79 Å². The third-order valence-corrected chi connectivity index (χ3v) is 5.09. The average Bonchev–Trinajstić information content (AvgIpc) is 2.85. The van der Waals surface area contributed by atoms with Crippen molar-refractivity contribution in [1.82, 2.24) is 15.1 Å². The van der Waals surface area contributed by atoms with Gasteiger partial charge in [0.15, 0.2) is 0 Å². The van der Waals surface area contributed by atoms with Gasteiger partial charge in [-0.2, -0.15) is 0 Å². The lowest BCUT2D eigenvalue weighted by Crippen LogP contribution is -2.49. The number of amides is 3. The number of carbonyl (C=O) groups excluding carboxylic acids is 2. The summed E-state index contributed by atoms with van der Waals surface area (Å²) in [4.78, 5) is 27.9. The first kappa shape index (κ1) is 18.6. The first-order valence-electron chi connectivity index (χ1n) is 8.18. The van der Waals surface area contributed by atoms with Crippen molar-refractivity contribution in [3.63, 3.8) is 0 Å². The van der Waals surface area contributed by atoms with Crippen LogP contribution >= 0.6 is 11.8 Å². The number of benzene rings is 1. The maximum atomic E-state index is 12.2. The van der Waals surface area contributed by atoms with Gasteiger partial charge in [-0.15, -0.1) is 11.8 Å². The predicted molar refractivity (Wildman–Crippen MR) is 99.0 cm³/mol. The van der Waals surface area contributed by atoms with Crippen molar-refractivity contribution in [3.05, 3.63) is 35.4 Å². The molecule has 1 N–H and O–H groups in total. The zero-order valence-corrected chi connectivity index (χ0v) is 15.9. The number of urea groups is 1. The lowest BCUT2D eigenvalue weighted by molar-refractivity contribution is -0.128. The molecule has 1 heterocycles. The number of nitrogens with one attached hydrogen (secondary N) is 1. The molecule has 0 aliphatic carbocycles. The van der Waals surface area contributed by atoms with Crippen molar-refractivity contribution < 1.29 is 9.59 Å². The largest absolute Gasteiger partial charge is 0.333 e. The van der Waals surface area contributed by atoms with E-state index in [2.05, 4.69) is 36.5 Å². The van der Waals surface area contributed by atoms with Gasteiger partial charge in [-0.25, -0.2) is 4.79 Å². The summed E-state index contributed by atoms with van der Waals surface area (Å²) in [7, 11) is 1.76. The molecule has 0 aromatic heterocycles. The molecule has 1 aromatic carbocycles. The van der Waals surface area contributed by atoms with Crippen LogP contribution < -0.4 is 5.32 Å². The van der Waals surface area contributed by atoms with Gasteiger partial charge in [-0.1, -0.05) is 29.8 Å². The first-order valence-corrected chi connectivity index (χ1v) is 9.23. The molecule has 0 spiro atoms. The number of carbonyl (C=O) groups is 2. The molecule has 2 rings (SSSR count). The Bertz CT molecular complexity index is 595. The van der Waals surface area contributed by atoms with E-state index in [-0.39, 0.29) is 22.9 Å². The molecule has 132 valence electrons. The third-order valence-electron chi connectivity index (χ3n) is 3.84. The van der Waals surface area contributed by atoms with Crippen LogP contribution in [0.15, 0.2) is 24.3 Å². The summed E-state index contributed by atoms with van der Waals surface area (Å²) in [5, 5.41) is 2.97. The lowest BCUT2D eigenvalue weighted by Gasteiger charge is -2.29. The summed E-state index contributed by atoms with van der Waals surface area (Å²) in [6.07, 6.45) is 0. The second kappa shape index (κ2) is 7.47. The van der Waals surface area contributed by atoms with Crippen LogP contribution in [0.3, 0.4) is 0 Å². The highest BCUT2D eigenvalue weighted by molar-refractivity contribution is 8.00. The summed E-state index contributed by atoms with van der Waals surface area (Å²) in [5.74, 6) is 0.631. The second-order valence-corrected chi connectivity index (χ2v) is 8.33. The molecule has 1 aliphatic heterocycles. The van der Waals surface area contributed by atoms with Crippen molar-refractivity contribution in [2.24, 2.45) is 0 Å². The fourth-order valence-electron chi connectivity index (χ4n) is 2.48. The monoisotopic (exact) mass is 349 g/mol. The van der Waals surface area contributed by atoms with Crippen LogP contribution in [0, 0.1) is 6.92 Å². The molecule has 3 amide bonds. The van der Waals surface area contributed by atoms with Gasteiger partial charge in [0, 0.05) is 25.7 Å². The second-order valence-electron chi connectivity index (χ2n) is 7.26. The molecule has 1 saturated heterocycles. The minimum absolute atomic E-state index is 0.0391. The highest BCUT2D eigenvalue weighted by atomic mass is 32.2. The molecule has 1 unspecified atom stereocenters. The van der Waals surface area contributed by atoms with Gasteiger partial charge >= 0.3 is 6.03 Å². The third kappa shape index (κ3) is 4.90. The Morgan fingerprint density at radius 1 is 1.33 bits per heavy atom. The Balaban J connectivity index is 1.97. The van der Waals surface area contributed by atoms with Crippen LogP contribution in [0.2, 0.25) is 0 Å². The molecule has 6 heteroatoms. The molecule has 0 radical (unpaired) electrons. The molecule has 0 bridgehead atoms. The van der Waals surface area contributed by atoms with Crippen LogP contribution in [-0.2, 0) is 4.79 Å². The van der Waals surface area contributed by atoms with E-state index >= 15 is 0 Å². The molecular weight excluding hydrogens is 322 g/mol. The number of hydrogen-bond donors (Lipinski definition) is 1. The molecule has 1 atom stereocenters. The smallest absolute Gasteiger partial charge is 0.317 e. The SMILES string of the molecule is Cc1ccc(C2SCC(=O)N2CCN(C)C(=O)NC(C)(C)C)cc1. The van der Waals surface area contributed by atoms with E-state index in [0.717, 1.165) is 5.56 Å². The van der Waals surface area contributed by atoms with Crippen LogP contribution in [-0.4, -0.2) is 53.2 Å². The van der Waals surface area contributed by atoms with E-state index in [4.69, 9.17) is 0 Å². The van der Waals surface area contributed by atoms with Gasteiger partial charge in [0.2, 0.25) is 5.91 Å². The fourth-order valence-corrected chi connectivity index (χ4v) is 3.70. The Kier molecular flexibility index (Phi) is 5.80. The van der Waals surface area contributed by atoms with E-state index in [1.54, 1.807) is 23.7 Å². The van der Waals surface area contributed by atoms with Crippen LogP contribution in [0.5, 0.6) is 0 Å². The highest BCUT2D eigenvalue weighted by Crippen LogP contribution is 2.38. The number of thioether (sulfide) groups is 1. The van der Waals surface area contributed by atoms with Gasteiger partial charge in [0.05, 0.1) is 5.75 Å². The maximum Gasteiger partial charge on any atom is 0.317 e. The standard InChI is InChI=1S/C18H27N3O2S/c1-13-6-8-14(9-7-13)16-21(15(22)12-24-16)11-10-20(5)17(23)19-18(2,3)4/h6-9,16H,10-12H2,1-5H3,(H,19,23). The van der Waals surface area contributed by atoms with Crippen molar-refractivity contribution >= 4 is 23.7 Å². The van der Waals surface area contributed by atoms with E-state index in [0.29, 0.717) is 18.8 Å². The molecule has 1 fully saturated rings. The topological polar surface area (TPSA) is 52.7 Å². The van der Waals surface area contributed by atoms with E-state index < -0.39 is 0 Å². The summed E-state index contributed by atoms with van der Waals surface area (Å²) >= 11 is 1.64. The quantitative estimate of drug-likeness (QED) is 0.909. The van der Waals surface area contributed by atoms with Crippen molar-refractivity contribution in [3.8, 4) is 0 Å².